The molecule has 0 spiro atoms. The maximum atomic E-state index is 14.6. The van der Waals surface area contributed by atoms with Gasteiger partial charge in [-0.1, -0.05) is 0 Å². The third-order valence-corrected chi connectivity index (χ3v) is 5.23. The van der Waals surface area contributed by atoms with Gasteiger partial charge in [0.25, 0.3) is 0 Å². The zero-order valence-corrected chi connectivity index (χ0v) is 15.9. The number of rotatable bonds is 3. The van der Waals surface area contributed by atoms with Gasteiger partial charge in [-0.25, -0.2) is 14.5 Å². The SMILES string of the molecule is N[C@H]1CCC[C@@H]1Nc1ncc(C(F)(F)F)c(-c2c(F)nn3cc(Br)ccc23)n1. The highest BCUT2D eigenvalue weighted by Gasteiger charge is 2.37. The Kier molecular flexibility index (Phi) is 4.74. The molecular weight excluding hydrogens is 444 g/mol. The zero-order valence-electron chi connectivity index (χ0n) is 14.3. The summed E-state index contributed by atoms with van der Waals surface area (Å²) in [6.07, 6.45) is -0.166. The van der Waals surface area contributed by atoms with Crippen LogP contribution in [0.4, 0.5) is 23.5 Å². The van der Waals surface area contributed by atoms with Gasteiger partial charge >= 0.3 is 6.18 Å². The van der Waals surface area contributed by atoms with Gasteiger partial charge in [-0.15, -0.1) is 5.10 Å². The molecule has 6 nitrogen and oxygen atoms in total. The van der Waals surface area contributed by atoms with Gasteiger partial charge in [-0.3, -0.25) is 0 Å². The topological polar surface area (TPSA) is 81.1 Å². The van der Waals surface area contributed by atoms with Crippen molar-refractivity contribution in [1.82, 2.24) is 19.6 Å². The zero-order chi connectivity index (χ0) is 20.1. The number of fused-ring (bicyclic) bond motifs is 1. The highest BCUT2D eigenvalue weighted by molar-refractivity contribution is 9.10. The molecule has 3 heterocycles. The number of pyridine rings is 1. The smallest absolute Gasteiger partial charge is 0.350 e. The molecule has 0 amide bonds. The van der Waals surface area contributed by atoms with E-state index in [0.29, 0.717) is 10.7 Å². The van der Waals surface area contributed by atoms with Crippen LogP contribution in [-0.4, -0.2) is 31.7 Å². The molecule has 2 atom stereocenters. The van der Waals surface area contributed by atoms with Crippen molar-refractivity contribution in [2.75, 3.05) is 5.32 Å². The van der Waals surface area contributed by atoms with Crippen LogP contribution >= 0.6 is 15.9 Å². The van der Waals surface area contributed by atoms with E-state index < -0.39 is 23.4 Å². The number of alkyl halides is 3. The molecule has 0 radical (unpaired) electrons. The first-order chi connectivity index (χ1) is 13.2. The number of hydrogen-bond donors (Lipinski definition) is 2. The number of aromatic nitrogens is 4. The third-order valence-electron chi connectivity index (χ3n) is 4.77. The van der Waals surface area contributed by atoms with Gasteiger partial charge in [-0.05, 0) is 47.3 Å². The molecule has 0 saturated heterocycles. The molecule has 28 heavy (non-hydrogen) atoms. The molecule has 3 N–H and O–H groups in total. The lowest BCUT2D eigenvalue weighted by Crippen LogP contribution is -2.35. The number of halogens is 5. The van der Waals surface area contributed by atoms with Crippen LogP contribution in [0.2, 0.25) is 0 Å². The lowest BCUT2D eigenvalue weighted by Gasteiger charge is -2.18. The summed E-state index contributed by atoms with van der Waals surface area (Å²) < 4.78 is 57.0. The Balaban J connectivity index is 1.86. The van der Waals surface area contributed by atoms with Crippen LogP contribution in [0.15, 0.2) is 29.0 Å². The molecule has 1 aliphatic rings. The van der Waals surface area contributed by atoms with Crippen molar-refractivity contribution in [3.8, 4) is 11.3 Å². The quantitative estimate of drug-likeness (QED) is 0.579. The molecule has 0 aromatic carbocycles. The molecule has 1 aliphatic carbocycles. The Bertz CT molecular complexity index is 1030. The minimum Gasteiger partial charge on any atom is -0.350 e. The van der Waals surface area contributed by atoms with Crippen molar-refractivity contribution < 1.29 is 17.6 Å². The molecule has 148 valence electrons. The van der Waals surface area contributed by atoms with E-state index in [4.69, 9.17) is 5.73 Å². The third kappa shape index (κ3) is 3.44. The Morgan fingerprint density at radius 2 is 2.04 bits per heavy atom. The lowest BCUT2D eigenvalue weighted by molar-refractivity contribution is -0.137. The monoisotopic (exact) mass is 458 g/mol. The van der Waals surface area contributed by atoms with Gasteiger partial charge < -0.3 is 11.1 Å². The number of nitrogens with one attached hydrogen (secondary N) is 1. The summed E-state index contributed by atoms with van der Waals surface area (Å²) in [4.78, 5) is 7.79. The van der Waals surface area contributed by atoms with Crippen LogP contribution in [0.25, 0.3) is 16.8 Å². The molecule has 1 fully saturated rings. The minimum atomic E-state index is -4.76. The first-order valence-corrected chi connectivity index (χ1v) is 9.33. The molecule has 0 bridgehead atoms. The van der Waals surface area contributed by atoms with E-state index in [0.717, 1.165) is 23.8 Å². The second-order valence-corrected chi connectivity index (χ2v) is 7.56. The predicted octanol–water partition coefficient (Wildman–Crippen LogP) is 4.00. The average Bonchev–Trinajstić information content (AvgIpc) is 3.15. The van der Waals surface area contributed by atoms with E-state index in [1.165, 1.54) is 12.3 Å². The van der Waals surface area contributed by atoms with Crippen molar-refractivity contribution >= 4 is 27.4 Å². The van der Waals surface area contributed by atoms with Gasteiger partial charge in [0.1, 0.15) is 5.56 Å². The first kappa shape index (κ1) is 19.1. The molecule has 3 aromatic rings. The van der Waals surface area contributed by atoms with Crippen LogP contribution in [0, 0.1) is 5.95 Å². The van der Waals surface area contributed by atoms with Crippen molar-refractivity contribution in [3.63, 3.8) is 0 Å². The highest BCUT2D eigenvalue weighted by atomic mass is 79.9. The van der Waals surface area contributed by atoms with Gasteiger partial charge in [0.05, 0.1) is 16.8 Å². The highest BCUT2D eigenvalue weighted by Crippen LogP contribution is 2.39. The van der Waals surface area contributed by atoms with E-state index in [1.54, 1.807) is 6.07 Å². The maximum Gasteiger partial charge on any atom is 0.420 e. The van der Waals surface area contributed by atoms with Gasteiger partial charge in [0.2, 0.25) is 11.9 Å². The van der Waals surface area contributed by atoms with Crippen LogP contribution < -0.4 is 11.1 Å². The minimum absolute atomic E-state index is 0.0267. The van der Waals surface area contributed by atoms with Crippen LogP contribution in [0.3, 0.4) is 0 Å². The molecular formula is C17H15BrF4N6. The number of nitrogens with zero attached hydrogens (tertiary/aromatic N) is 4. The van der Waals surface area contributed by atoms with Gasteiger partial charge in [-0.2, -0.15) is 17.6 Å². The second kappa shape index (κ2) is 6.96. The Morgan fingerprint density at radius 3 is 2.71 bits per heavy atom. The molecule has 1 saturated carbocycles. The van der Waals surface area contributed by atoms with Crippen LogP contribution in [-0.2, 0) is 6.18 Å². The normalized spacial score (nSPS) is 20.1. The van der Waals surface area contributed by atoms with E-state index in [-0.39, 0.29) is 29.1 Å². The van der Waals surface area contributed by atoms with E-state index >= 15 is 0 Å². The van der Waals surface area contributed by atoms with Crippen LogP contribution in [0.5, 0.6) is 0 Å². The molecule has 0 unspecified atom stereocenters. The van der Waals surface area contributed by atoms with Gasteiger partial charge in [0.15, 0.2) is 0 Å². The fraction of sp³-hybridized carbons (Fsp3) is 0.353. The fourth-order valence-corrected chi connectivity index (χ4v) is 3.72. The summed E-state index contributed by atoms with van der Waals surface area (Å²) in [6, 6.07) is 2.78. The maximum absolute atomic E-state index is 14.6. The van der Waals surface area contributed by atoms with Crippen LogP contribution in [0.1, 0.15) is 24.8 Å². The first-order valence-electron chi connectivity index (χ1n) is 8.54. The average molecular weight is 459 g/mol. The Labute approximate surface area is 165 Å². The van der Waals surface area contributed by atoms with Crippen molar-refractivity contribution in [2.45, 2.75) is 37.5 Å². The largest absolute Gasteiger partial charge is 0.420 e. The summed E-state index contributed by atoms with van der Waals surface area (Å²) in [5.41, 5.74) is 4.13. The summed E-state index contributed by atoms with van der Waals surface area (Å²) in [6.45, 7) is 0. The molecule has 11 heteroatoms. The van der Waals surface area contributed by atoms with E-state index in [1.807, 2.05) is 0 Å². The predicted molar refractivity (Wildman–Crippen MR) is 98.1 cm³/mol. The summed E-state index contributed by atoms with van der Waals surface area (Å²) >= 11 is 3.22. The number of anilines is 1. The van der Waals surface area contributed by atoms with Gasteiger partial charge in [0, 0.05) is 29.0 Å². The Morgan fingerprint density at radius 1 is 1.25 bits per heavy atom. The molecule has 0 aliphatic heterocycles. The molecule has 3 aromatic heterocycles. The van der Waals surface area contributed by atoms with Crippen molar-refractivity contribution in [2.24, 2.45) is 5.73 Å². The lowest BCUT2D eigenvalue weighted by atomic mass is 10.1. The van der Waals surface area contributed by atoms with E-state index in [9.17, 15) is 17.6 Å². The second-order valence-electron chi connectivity index (χ2n) is 6.64. The van der Waals surface area contributed by atoms with E-state index in [2.05, 4.69) is 36.3 Å². The number of nitrogens with two attached hydrogens (primary N) is 1. The molecule has 4 rings (SSSR count). The standard InChI is InChI=1S/C17H15BrF4N6/c18-8-4-5-12-13(15(19)27-28(12)7-8)14-9(17(20,21)22)6-24-16(26-14)25-11-3-1-2-10(11)23/h4-7,10-11H,1-3,23H2,(H,24,25,26)/t10-,11-/m0/s1. The fourth-order valence-electron chi connectivity index (χ4n) is 3.40. The summed E-state index contributed by atoms with van der Waals surface area (Å²) in [5.74, 6) is -1.08. The number of hydrogen-bond acceptors (Lipinski definition) is 5. The van der Waals surface area contributed by atoms with Crippen molar-refractivity contribution in [3.05, 3.63) is 40.5 Å². The summed E-state index contributed by atoms with van der Waals surface area (Å²) in [7, 11) is 0. The summed E-state index contributed by atoms with van der Waals surface area (Å²) in [5, 5.41) is 6.65. The van der Waals surface area contributed by atoms with Crippen molar-refractivity contribution in [1.29, 1.82) is 0 Å². The Hall–Kier alpha value is -2.27.